The van der Waals surface area contributed by atoms with E-state index in [0.29, 0.717) is 15.1 Å². The molecule has 1 N–H and O–H groups in total. The summed E-state index contributed by atoms with van der Waals surface area (Å²) in [5, 5.41) is 10.7. The normalized spacial score (nSPS) is 12.2. The van der Waals surface area contributed by atoms with E-state index in [1.807, 2.05) is 0 Å². The topological polar surface area (TPSA) is 59.7 Å². The lowest BCUT2D eigenvalue weighted by molar-refractivity contribution is 0.0558. The molecule has 2 aromatic rings. The molecule has 0 radical (unpaired) electrons. The number of hydrogen-bond donors (Lipinski definition) is 1. The van der Waals surface area contributed by atoms with Crippen molar-refractivity contribution in [2.24, 2.45) is 0 Å². The minimum atomic E-state index is -0.980. The Bertz CT molecular complexity index is 608. The molecule has 4 nitrogen and oxygen atoms in total. The first-order valence-corrected chi connectivity index (χ1v) is 6.51. The van der Waals surface area contributed by atoms with Gasteiger partial charge in [0, 0.05) is 4.47 Å². The molecule has 0 spiro atoms. The second kappa shape index (κ2) is 5.77. The largest absolute Gasteiger partial charge is 0.463 e. The van der Waals surface area contributed by atoms with E-state index in [2.05, 4.69) is 20.7 Å². The summed E-state index contributed by atoms with van der Waals surface area (Å²) in [7, 11) is 1.26. The summed E-state index contributed by atoms with van der Waals surface area (Å²) < 4.78 is 10.5. The van der Waals surface area contributed by atoms with Crippen LogP contribution in [-0.4, -0.2) is 18.2 Å². The van der Waals surface area contributed by atoms with Gasteiger partial charge in [0.05, 0.1) is 12.1 Å². The van der Waals surface area contributed by atoms with Crippen molar-refractivity contribution >= 4 is 33.5 Å². The number of halogens is 2. The van der Waals surface area contributed by atoms with Crippen molar-refractivity contribution in [3.63, 3.8) is 0 Å². The molecule has 1 atom stereocenters. The number of aliphatic hydroxyl groups excluding tert-OH is 1. The molecule has 100 valence electrons. The maximum Gasteiger partial charge on any atom is 0.373 e. The highest BCUT2D eigenvalue weighted by Crippen LogP contribution is 2.29. The van der Waals surface area contributed by atoms with Crippen LogP contribution in [-0.2, 0) is 4.74 Å². The molecule has 0 bridgehead atoms. The number of rotatable bonds is 3. The minimum absolute atomic E-state index is 0.0459. The zero-order chi connectivity index (χ0) is 14.0. The number of furan rings is 1. The van der Waals surface area contributed by atoms with Crippen LogP contribution in [0.25, 0.3) is 0 Å². The Labute approximate surface area is 123 Å². The first-order valence-electron chi connectivity index (χ1n) is 5.34. The van der Waals surface area contributed by atoms with Crippen LogP contribution in [0.3, 0.4) is 0 Å². The lowest BCUT2D eigenvalue weighted by Gasteiger charge is -2.09. The average molecular weight is 346 g/mol. The summed E-state index contributed by atoms with van der Waals surface area (Å²) in [4.78, 5) is 11.3. The number of methoxy groups -OCH3 is 1. The molecule has 0 aliphatic carbocycles. The monoisotopic (exact) mass is 344 g/mol. The van der Waals surface area contributed by atoms with Crippen molar-refractivity contribution in [1.82, 2.24) is 0 Å². The minimum Gasteiger partial charge on any atom is -0.463 e. The molecule has 0 saturated carbocycles. The fourth-order valence-corrected chi connectivity index (χ4v) is 2.07. The molecule has 1 heterocycles. The molecular formula is C13H10BrClO4. The molecule has 0 aliphatic heterocycles. The lowest BCUT2D eigenvalue weighted by Crippen LogP contribution is -2.00. The van der Waals surface area contributed by atoms with E-state index in [9.17, 15) is 9.90 Å². The van der Waals surface area contributed by atoms with Crippen LogP contribution < -0.4 is 0 Å². The Kier molecular flexibility index (Phi) is 4.29. The van der Waals surface area contributed by atoms with Crippen LogP contribution in [0.15, 0.2) is 39.2 Å². The van der Waals surface area contributed by atoms with E-state index in [1.165, 1.54) is 19.2 Å². The van der Waals surface area contributed by atoms with E-state index in [-0.39, 0.29) is 11.5 Å². The SMILES string of the molecule is COC(=O)c1ccc(C(O)c2ccc(Cl)c(Br)c2)o1. The number of hydrogen-bond acceptors (Lipinski definition) is 4. The van der Waals surface area contributed by atoms with Gasteiger partial charge in [-0.2, -0.15) is 0 Å². The third kappa shape index (κ3) is 3.00. The Hall–Kier alpha value is -1.30. The van der Waals surface area contributed by atoms with Crippen molar-refractivity contribution < 1.29 is 19.1 Å². The van der Waals surface area contributed by atoms with Crippen LogP contribution in [0.4, 0.5) is 0 Å². The van der Waals surface area contributed by atoms with Gasteiger partial charge in [-0.15, -0.1) is 0 Å². The van der Waals surface area contributed by atoms with E-state index in [1.54, 1.807) is 18.2 Å². The van der Waals surface area contributed by atoms with Crippen LogP contribution in [0, 0.1) is 0 Å². The Morgan fingerprint density at radius 2 is 2.16 bits per heavy atom. The van der Waals surface area contributed by atoms with Gasteiger partial charge in [0.1, 0.15) is 11.9 Å². The van der Waals surface area contributed by atoms with Gasteiger partial charge in [0.25, 0.3) is 0 Å². The van der Waals surface area contributed by atoms with Crippen molar-refractivity contribution in [3.05, 3.63) is 56.9 Å². The molecular weight excluding hydrogens is 335 g/mol. The van der Waals surface area contributed by atoms with E-state index in [0.717, 1.165) is 0 Å². The summed E-state index contributed by atoms with van der Waals surface area (Å²) in [6.07, 6.45) is -0.980. The Morgan fingerprint density at radius 1 is 1.42 bits per heavy atom. The maximum absolute atomic E-state index is 11.3. The van der Waals surface area contributed by atoms with Gasteiger partial charge >= 0.3 is 5.97 Å². The van der Waals surface area contributed by atoms with Gasteiger partial charge in [0.15, 0.2) is 0 Å². The van der Waals surface area contributed by atoms with Crippen molar-refractivity contribution in [2.75, 3.05) is 7.11 Å². The predicted molar refractivity (Wildman–Crippen MR) is 73.3 cm³/mol. The van der Waals surface area contributed by atoms with Crippen molar-refractivity contribution in [2.45, 2.75) is 6.10 Å². The lowest BCUT2D eigenvalue weighted by atomic mass is 10.1. The molecule has 6 heteroatoms. The molecule has 0 amide bonds. The van der Waals surface area contributed by atoms with Gasteiger partial charge < -0.3 is 14.3 Å². The van der Waals surface area contributed by atoms with Crippen molar-refractivity contribution in [1.29, 1.82) is 0 Å². The highest BCUT2D eigenvalue weighted by molar-refractivity contribution is 9.10. The standard InChI is InChI=1S/C13H10BrClO4/c1-18-13(17)11-5-4-10(19-11)12(16)7-2-3-9(15)8(14)6-7/h2-6,12,16H,1H3. The number of esters is 1. The molecule has 0 saturated heterocycles. The highest BCUT2D eigenvalue weighted by atomic mass is 79.9. The van der Waals surface area contributed by atoms with Crippen LogP contribution in [0.1, 0.15) is 28.0 Å². The fourth-order valence-electron chi connectivity index (χ4n) is 1.56. The molecule has 1 unspecified atom stereocenters. The summed E-state index contributed by atoms with van der Waals surface area (Å²) in [5.74, 6) is -0.282. The van der Waals surface area contributed by atoms with Gasteiger partial charge in [-0.1, -0.05) is 17.7 Å². The molecule has 1 aromatic carbocycles. The summed E-state index contributed by atoms with van der Waals surface area (Å²) in [5.41, 5.74) is 0.599. The Balaban J connectivity index is 2.28. The smallest absolute Gasteiger partial charge is 0.373 e. The quantitative estimate of drug-likeness (QED) is 0.864. The van der Waals surface area contributed by atoms with Crippen molar-refractivity contribution in [3.8, 4) is 0 Å². The molecule has 2 rings (SSSR count). The van der Waals surface area contributed by atoms with Gasteiger partial charge in [-0.05, 0) is 45.8 Å². The van der Waals surface area contributed by atoms with Gasteiger partial charge in [0.2, 0.25) is 5.76 Å². The first kappa shape index (κ1) is 14.1. The third-order valence-electron chi connectivity index (χ3n) is 2.54. The van der Waals surface area contributed by atoms with E-state index >= 15 is 0 Å². The fraction of sp³-hybridized carbons (Fsp3) is 0.154. The predicted octanol–water partition coefficient (Wildman–Crippen LogP) is 3.56. The van der Waals surface area contributed by atoms with Crippen LogP contribution in [0.5, 0.6) is 0 Å². The summed E-state index contributed by atoms with van der Waals surface area (Å²) in [6, 6.07) is 8.01. The molecule has 19 heavy (non-hydrogen) atoms. The zero-order valence-electron chi connectivity index (χ0n) is 9.89. The number of benzene rings is 1. The number of carbonyl (C=O) groups excluding carboxylic acids is 1. The van der Waals surface area contributed by atoms with E-state index < -0.39 is 12.1 Å². The molecule has 0 fully saturated rings. The maximum atomic E-state index is 11.3. The second-order valence-electron chi connectivity index (χ2n) is 3.77. The highest BCUT2D eigenvalue weighted by Gasteiger charge is 2.18. The average Bonchev–Trinajstić information content (AvgIpc) is 2.89. The summed E-state index contributed by atoms with van der Waals surface area (Å²) >= 11 is 9.16. The third-order valence-corrected chi connectivity index (χ3v) is 3.76. The number of ether oxygens (including phenoxy) is 1. The zero-order valence-corrected chi connectivity index (χ0v) is 12.2. The second-order valence-corrected chi connectivity index (χ2v) is 5.03. The summed E-state index contributed by atoms with van der Waals surface area (Å²) in [6.45, 7) is 0. The van der Waals surface area contributed by atoms with Gasteiger partial charge in [-0.25, -0.2) is 4.79 Å². The van der Waals surface area contributed by atoms with E-state index in [4.69, 9.17) is 16.0 Å². The first-order chi connectivity index (χ1) is 9.02. The number of aliphatic hydroxyl groups is 1. The van der Waals surface area contributed by atoms with Crippen LogP contribution >= 0.6 is 27.5 Å². The number of carbonyl (C=O) groups is 1. The molecule has 0 aliphatic rings. The van der Waals surface area contributed by atoms with Gasteiger partial charge in [-0.3, -0.25) is 0 Å². The Morgan fingerprint density at radius 3 is 2.79 bits per heavy atom. The molecule has 1 aromatic heterocycles. The van der Waals surface area contributed by atoms with Crippen LogP contribution in [0.2, 0.25) is 5.02 Å².